The van der Waals surface area contributed by atoms with Gasteiger partial charge in [0.1, 0.15) is 12.1 Å². The van der Waals surface area contributed by atoms with Gasteiger partial charge in [0, 0.05) is 47.8 Å². The highest BCUT2D eigenvalue weighted by atomic mass is 32.2. The van der Waals surface area contributed by atoms with E-state index in [4.69, 9.17) is 4.74 Å². The van der Waals surface area contributed by atoms with Crippen molar-refractivity contribution in [1.29, 1.82) is 0 Å². The molecular weight excluding hydrogens is 715 g/mol. The van der Waals surface area contributed by atoms with Gasteiger partial charge in [0.25, 0.3) is 5.91 Å². The van der Waals surface area contributed by atoms with Crippen LogP contribution in [0.4, 0.5) is 0 Å². The Morgan fingerprint density at radius 2 is 1.29 bits per heavy atom. The quantitative estimate of drug-likeness (QED) is 0.100. The normalized spacial score (nSPS) is 14.0. The summed E-state index contributed by atoms with van der Waals surface area (Å²) in [4.78, 5) is 76.2. The van der Waals surface area contributed by atoms with Crippen LogP contribution < -0.4 is 16.0 Å². The smallest absolute Gasteiger partial charge is 0.303 e. The maximum absolute atomic E-state index is 13.5. The van der Waals surface area contributed by atoms with Gasteiger partial charge in [0.15, 0.2) is 15.6 Å². The molecule has 0 radical (unpaired) electrons. The third kappa shape index (κ3) is 17.8. The monoisotopic (exact) mass is 771 g/mol. The minimum absolute atomic E-state index is 0.0342. The van der Waals surface area contributed by atoms with Crippen molar-refractivity contribution in [2.45, 2.75) is 128 Å². The maximum atomic E-state index is 13.5. The summed E-state index contributed by atoms with van der Waals surface area (Å²) in [5, 5.41) is 25.9. The number of nitrogens with one attached hydrogen (secondary N) is 3. The summed E-state index contributed by atoms with van der Waals surface area (Å²) in [7, 11) is -3.53. The molecule has 0 heterocycles. The van der Waals surface area contributed by atoms with Gasteiger partial charge in [0.05, 0.1) is 16.6 Å². The van der Waals surface area contributed by atoms with Gasteiger partial charge in [-0.25, -0.2) is 8.42 Å². The predicted octanol–water partition coefficient (Wildman–Crippen LogP) is 3.86. The Bertz CT molecular complexity index is 1500. The van der Waals surface area contributed by atoms with E-state index < -0.39 is 92.5 Å². The highest BCUT2D eigenvalue weighted by molar-refractivity contribution is 8.00. The number of amides is 3. The minimum atomic E-state index is -3.53. The molecule has 3 amide bonds. The zero-order valence-electron chi connectivity index (χ0n) is 31.7. The molecule has 0 bridgehead atoms. The molecule has 0 saturated carbocycles. The number of hydrogen-bond acceptors (Lipinski definition) is 10. The van der Waals surface area contributed by atoms with E-state index in [-0.39, 0.29) is 35.0 Å². The molecule has 2 unspecified atom stereocenters. The molecule has 0 aliphatic carbocycles. The first-order chi connectivity index (χ1) is 23.8. The van der Waals surface area contributed by atoms with E-state index in [1.54, 1.807) is 27.7 Å². The number of ether oxygens (including phenoxy) is 1. The number of carboxylic acid groups (broad SMARTS) is 2. The van der Waals surface area contributed by atoms with Crippen molar-refractivity contribution in [2.75, 3.05) is 18.1 Å². The highest BCUT2D eigenvalue weighted by Gasteiger charge is 2.32. The SMILES string of the molecule is CC(C)SCC(CS(=O)(=O)C(C)C)C(=O)c1ccc(C(=O)N[C@@H](CCC(=O)O)C(=O)NC(CCC(=O)O)C(=O)NC(C)(C)CCOC(C)(C)C)cc1. The molecule has 1 aromatic rings. The van der Waals surface area contributed by atoms with E-state index in [1.807, 2.05) is 34.6 Å². The molecule has 0 fully saturated rings. The van der Waals surface area contributed by atoms with Gasteiger partial charge in [-0.3, -0.25) is 28.8 Å². The Balaban J connectivity index is 3.21. The third-order valence-corrected chi connectivity index (χ3v) is 11.4. The largest absolute Gasteiger partial charge is 0.481 e. The van der Waals surface area contributed by atoms with Crippen LogP contribution in [0.15, 0.2) is 24.3 Å². The summed E-state index contributed by atoms with van der Waals surface area (Å²) in [6.45, 7) is 16.5. The van der Waals surface area contributed by atoms with Gasteiger partial charge in [-0.05, 0) is 85.1 Å². The number of hydrogen-bond donors (Lipinski definition) is 5. The number of rotatable bonds is 23. The van der Waals surface area contributed by atoms with Crippen LogP contribution in [-0.2, 0) is 33.8 Å². The first-order valence-corrected chi connectivity index (χ1v) is 20.1. The average molecular weight is 772 g/mol. The number of carboxylic acids is 2. The number of Topliss-reactive ketones (excluding diaryl/α,β-unsaturated/α-hetero) is 1. The Kier molecular flexibility index (Phi) is 18.5. The number of carbonyl (C=O) groups excluding carboxylic acids is 4. The molecular formula is C36H57N3O11S2. The molecule has 294 valence electrons. The molecule has 5 N–H and O–H groups in total. The molecule has 1 aromatic carbocycles. The fourth-order valence-electron chi connectivity index (χ4n) is 4.69. The van der Waals surface area contributed by atoms with Crippen LogP contribution in [-0.4, -0.2) is 106 Å². The van der Waals surface area contributed by atoms with Crippen LogP contribution in [0, 0.1) is 5.92 Å². The number of carbonyl (C=O) groups is 6. The molecule has 16 heteroatoms. The van der Waals surface area contributed by atoms with Crippen LogP contribution in [0.3, 0.4) is 0 Å². The molecule has 0 aliphatic heterocycles. The van der Waals surface area contributed by atoms with E-state index in [1.165, 1.54) is 36.0 Å². The standard InChI is InChI=1S/C36H57N3O11S2/c1-22(2)51-20-26(21-52(48,49)23(3)4)31(44)24-10-12-25(13-11-24)32(45)37-27(14-16-29(40)41)33(46)38-28(15-17-30(42)43)34(47)39-36(8,9)18-19-50-35(5,6)7/h10-13,22-23,26-28H,14-21H2,1-9H3,(H,37,45)(H,38,46)(H,39,47)(H,40,41)(H,42,43)/t26?,27-,28?/m0/s1. The summed E-state index contributed by atoms with van der Waals surface area (Å²) in [5.74, 6) is -5.99. The second kappa shape index (κ2) is 20.7. The third-order valence-electron chi connectivity index (χ3n) is 7.86. The summed E-state index contributed by atoms with van der Waals surface area (Å²) in [5.41, 5.74) is -0.965. The number of thioether (sulfide) groups is 1. The number of ketones is 1. The lowest BCUT2D eigenvalue weighted by Crippen LogP contribution is -2.57. The fraction of sp³-hybridized carbons (Fsp3) is 0.667. The van der Waals surface area contributed by atoms with E-state index in [0.29, 0.717) is 18.8 Å². The summed E-state index contributed by atoms with van der Waals surface area (Å²) in [6, 6.07) is 2.72. The number of aliphatic carboxylic acids is 2. The molecule has 0 aromatic heterocycles. The predicted molar refractivity (Wildman–Crippen MR) is 200 cm³/mol. The van der Waals surface area contributed by atoms with Crippen LogP contribution in [0.2, 0.25) is 0 Å². The van der Waals surface area contributed by atoms with Crippen LogP contribution in [0.25, 0.3) is 0 Å². The lowest BCUT2D eigenvalue weighted by atomic mass is 9.99. The lowest BCUT2D eigenvalue weighted by molar-refractivity contribution is -0.139. The number of benzene rings is 1. The molecule has 0 spiro atoms. The van der Waals surface area contributed by atoms with Gasteiger partial charge in [-0.15, -0.1) is 0 Å². The fourth-order valence-corrected chi connectivity index (χ4v) is 6.94. The maximum Gasteiger partial charge on any atom is 0.303 e. The van der Waals surface area contributed by atoms with Gasteiger partial charge in [-0.1, -0.05) is 26.0 Å². The molecule has 14 nitrogen and oxygen atoms in total. The summed E-state index contributed by atoms with van der Waals surface area (Å²) < 4.78 is 31.1. The van der Waals surface area contributed by atoms with E-state index in [0.717, 1.165) is 0 Å². The minimum Gasteiger partial charge on any atom is -0.481 e. The van der Waals surface area contributed by atoms with Crippen molar-refractivity contribution in [1.82, 2.24) is 16.0 Å². The van der Waals surface area contributed by atoms with Gasteiger partial charge >= 0.3 is 11.9 Å². The lowest BCUT2D eigenvalue weighted by Gasteiger charge is -2.31. The average Bonchev–Trinajstić information content (AvgIpc) is 3.01. The van der Waals surface area contributed by atoms with Gasteiger partial charge in [-0.2, -0.15) is 11.8 Å². The topological polar surface area (TPSA) is 222 Å². The van der Waals surface area contributed by atoms with Gasteiger partial charge < -0.3 is 30.9 Å². The summed E-state index contributed by atoms with van der Waals surface area (Å²) >= 11 is 1.47. The molecule has 52 heavy (non-hydrogen) atoms. The zero-order chi connectivity index (χ0) is 40.0. The first kappa shape index (κ1) is 46.5. The van der Waals surface area contributed by atoms with Crippen molar-refractivity contribution in [2.24, 2.45) is 5.92 Å². The van der Waals surface area contributed by atoms with E-state index in [2.05, 4.69) is 16.0 Å². The van der Waals surface area contributed by atoms with Crippen LogP contribution >= 0.6 is 11.8 Å². The highest BCUT2D eigenvalue weighted by Crippen LogP contribution is 2.22. The molecule has 0 saturated heterocycles. The van der Waals surface area contributed by atoms with Crippen molar-refractivity contribution in [3.8, 4) is 0 Å². The van der Waals surface area contributed by atoms with Crippen LogP contribution in [0.1, 0.15) is 115 Å². The first-order valence-electron chi connectivity index (χ1n) is 17.3. The zero-order valence-corrected chi connectivity index (χ0v) is 33.4. The molecule has 3 atom stereocenters. The Labute approximate surface area is 311 Å². The second-order valence-electron chi connectivity index (χ2n) is 14.9. The Morgan fingerprint density at radius 3 is 1.75 bits per heavy atom. The second-order valence-corrected chi connectivity index (χ2v) is 19.1. The van der Waals surface area contributed by atoms with E-state index in [9.17, 15) is 47.4 Å². The Hall–Kier alpha value is -3.50. The number of sulfone groups is 1. The van der Waals surface area contributed by atoms with Crippen molar-refractivity contribution >= 4 is 57.0 Å². The van der Waals surface area contributed by atoms with Crippen molar-refractivity contribution in [3.63, 3.8) is 0 Å². The molecule has 0 aliphatic rings. The summed E-state index contributed by atoms with van der Waals surface area (Å²) in [6.07, 6.45) is -1.17. The Morgan fingerprint density at radius 1 is 0.788 bits per heavy atom. The van der Waals surface area contributed by atoms with Crippen molar-refractivity contribution in [3.05, 3.63) is 35.4 Å². The van der Waals surface area contributed by atoms with E-state index >= 15 is 0 Å². The van der Waals surface area contributed by atoms with Gasteiger partial charge in [0.2, 0.25) is 11.8 Å². The van der Waals surface area contributed by atoms with Crippen molar-refractivity contribution < 1.29 is 52.1 Å². The van der Waals surface area contributed by atoms with Crippen LogP contribution in [0.5, 0.6) is 0 Å². The molecule has 1 rings (SSSR count).